The van der Waals surface area contributed by atoms with Gasteiger partial charge in [-0.1, -0.05) is 43.0 Å². The Morgan fingerprint density at radius 3 is 2.86 bits per heavy atom. The van der Waals surface area contributed by atoms with Crippen molar-refractivity contribution in [2.45, 2.75) is 6.92 Å². The minimum atomic E-state index is 1.32. The number of rotatable bonds is 2. The summed E-state index contributed by atoms with van der Waals surface area (Å²) in [5.41, 5.74) is 1.32. The summed E-state index contributed by atoms with van der Waals surface area (Å²) in [7, 11) is 0. The summed E-state index contributed by atoms with van der Waals surface area (Å²) in [5, 5.41) is 1.34. The molecule has 0 saturated carbocycles. The van der Waals surface area contributed by atoms with E-state index in [2.05, 4.69) is 43.8 Å². The Bertz CT molecular complexity index is 489. The lowest BCUT2D eigenvalue weighted by Gasteiger charge is -1.91. The van der Waals surface area contributed by atoms with Crippen LogP contribution >= 0.6 is 11.3 Å². The summed E-state index contributed by atoms with van der Waals surface area (Å²) in [6, 6.07) is 8.50. The van der Waals surface area contributed by atoms with E-state index in [1.165, 1.54) is 20.5 Å². The largest absolute Gasteiger partial charge is 0.140 e. The molecular formula is C13H12S. The van der Waals surface area contributed by atoms with Gasteiger partial charge in [0.25, 0.3) is 0 Å². The summed E-state index contributed by atoms with van der Waals surface area (Å²) in [6.45, 7) is 5.85. The average molecular weight is 200 g/mol. The van der Waals surface area contributed by atoms with Crippen LogP contribution in [-0.4, -0.2) is 0 Å². The number of allylic oxidation sites excluding steroid dienone is 2. The Morgan fingerprint density at radius 2 is 2.07 bits per heavy atom. The molecule has 0 nitrogen and oxygen atoms in total. The van der Waals surface area contributed by atoms with E-state index in [0.717, 1.165) is 0 Å². The fourth-order valence-electron chi connectivity index (χ4n) is 1.56. The van der Waals surface area contributed by atoms with E-state index in [1.54, 1.807) is 0 Å². The molecule has 0 N–H and O–H groups in total. The first-order valence-corrected chi connectivity index (χ1v) is 5.42. The van der Waals surface area contributed by atoms with Gasteiger partial charge in [0.1, 0.15) is 0 Å². The molecule has 1 heteroatoms. The van der Waals surface area contributed by atoms with Gasteiger partial charge in [-0.2, -0.15) is 0 Å². The summed E-state index contributed by atoms with van der Waals surface area (Å²) in [6.07, 6.45) is 5.93. The Labute approximate surface area is 88.2 Å². The maximum absolute atomic E-state index is 3.69. The van der Waals surface area contributed by atoms with Crippen LogP contribution in [0.4, 0.5) is 0 Å². The highest BCUT2D eigenvalue weighted by Gasteiger charge is 2.04. The molecule has 0 atom stereocenters. The molecule has 0 aliphatic rings. The van der Waals surface area contributed by atoms with Crippen molar-refractivity contribution in [2.24, 2.45) is 0 Å². The van der Waals surface area contributed by atoms with Gasteiger partial charge < -0.3 is 0 Å². The first kappa shape index (κ1) is 9.22. The monoisotopic (exact) mass is 200 g/mol. The number of aryl methyl sites for hydroxylation is 1. The second-order valence-electron chi connectivity index (χ2n) is 3.16. The number of fused-ring (bicyclic) bond motifs is 1. The van der Waals surface area contributed by atoms with Crippen LogP contribution in [0.15, 0.2) is 43.0 Å². The summed E-state index contributed by atoms with van der Waals surface area (Å²) in [5.74, 6) is 0. The molecule has 2 rings (SSSR count). The van der Waals surface area contributed by atoms with Crippen molar-refractivity contribution >= 4 is 27.5 Å². The highest BCUT2D eigenvalue weighted by atomic mass is 32.1. The van der Waals surface area contributed by atoms with E-state index >= 15 is 0 Å². The van der Waals surface area contributed by atoms with Crippen LogP contribution in [0.25, 0.3) is 16.2 Å². The fraction of sp³-hybridized carbons (Fsp3) is 0.0769. The van der Waals surface area contributed by atoms with E-state index in [9.17, 15) is 0 Å². The Hall–Kier alpha value is -1.34. The Balaban J connectivity index is 2.67. The SMILES string of the molecule is C=CC=Cc1c(C)sc2ccccc12. The minimum absolute atomic E-state index is 1.32. The van der Waals surface area contributed by atoms with Gasteiger partial charge in [-0.15, -0.1) is 11.3 Å². The van der Waals surface area contributed by atoms with Crippen molar-refractivity contribution < 1.29 is 0 Å². The highest BCUT2D eigenvalue weighted by Crippen LogP contribution is 2.31. The standard InChI is InChI=1S/C13H12S/c1-3-4-7-11-10(2)14-13-9-6-5-8-12(11)13/h3-9H,1H2,2H3. The van der Waals surface area contributed by atoms with E-state index in [1.807, 2.05) is 23.5 Å². The van der Waals surface area contributed by atoms with Crippen LogP contribution < -0.4 is 0 Å². The quantitative estimate of drug-likeness (QED) is 0.630. The van der Waals surface area contributed by atoms with Gasteiger partial charge in [-0.3, -0.25) is 0 Å². The van der Waals surface area contributed by atoms with Gasteiger partial charge in [0.2, 0.25) is 0 Å². The molecular weight excluding hydrogens is 188 g/mol. The second-order valence-corrected chi connectivity index (χ2v) is 4.42. The van der Waals surface area contributed by atoms with Crippen molar-refractivity contribution in [1.82, 2.24) is 0 Å². The number of thiophene rings is 1. The maximum atomic E-state index is 3.69. The summed E-state index contributed by atoms with van der Waals surface area (Å²) >= 11 is 1.84. The smallest absolute Gasteiger partial charge is 0.0351 e. The van der Waals surface area contributed by atoms with Crippen LogP contribution in [-0.2, 0) is 0 Å². The first-order chi connectivity index (χ1) is 6.83. The van der Waals surface area contributed by atoms with Crippen LogP contribution in [0.1, 0.15) is 10.4 Å². The fourth-order valence-corrected chi connectivity index (χ4v) is 2.61. The lowest BCUT2D eigenvalue weighted by atomic mass is 10.1. The summed E-state index contributed by atoms with van der Waals surface area (Å²) in [4.78, 5) is 1.37. The van der Waals surface area contributed by atoms with Gasteiger partial charge in [0.15, 0.2) is 0 Å². The van der Waals surface area contributed by atoms with Crippen LogP contribution in [0.3, 0.4) is 0 Å². The third-order valence-corrected chi connectivity index (χ3v) is 3.32. The molecule has 2 aromatic rings. The van der Waals surface area contributed by atoms with Gasteiger partial charge in [0.05, 0.1) is 0 Å². The maximum Gasteiger partial charge on any atom is 0.0351 e. The topological polar surface area (TPSA) is 0 Å². The van der Waals surface area contributed by atoms with Crippen LogP contribution in [0, 0.1) is 6.92 Å². The Morgan fingerprint density at radius 1 is 1.29 bits per heavy atom. The van der Waals surface area contributed by atoms with Crippen LogP contribution in [0.5, 0.6) is 0 Å². The zero-order valence-electron chi connectivity index (χ0n) is 8.16. The zero-order chi connectivity index (χ0) is 9.97. The predicted molar refractivity (Wildman–Crippen MR) is 65.8 cm³/mol. The molecule has 1 aromatic carbocycles. The van der Waals surface area contributed by atoms with Crippen molar-refractivity contribution in [3.8, 4) is 0 Å². The van der Waals surface area contributed by atoms with Crippen molar-refractivity contribution in [2.75, 3.05) is 0 Å². The van der Waals surface area contributed by atoms with Crippen molar-refractivity contribution in [1.29, 1.82) is 0 Å². The van der Waals surface area contributed by atoms with Gasteiger partial charge >= 0.3 is 0 Å². The molecule has 14 heavy (non-hydrogen) atoms. The molecule has 0 unspecified atom stereocenters. The van der Waals surface area contributed by atoms with E-state index < -0.39 is 0 Å². The third kappa shape index (κ3) is 1.51. The second kappa shape index (κ2) is 3.81. The Kier molecular flexibility index (Phi) is 2.51. The predicted octanol–water partition coefficient (Wildman–Crippen LogP) is 4.41. The molecule has 0 amide bonds. The molecule has 70 valence electrons. The number of hydrogen-bond donors (Lipinski definition) is 0. The molecule has 0 radical (unpaired) electrons. The van der Waals surface area contributed by atoms with Gasteiger partial charge in [-0.05, 0) is 23.9 Å². The highest BCUT2D eigenvalue weighted by molar-refractivity contribution is 7.19. The molecule has 1 aromatic heterocycles. The first-order valence-electron chi connectivity index (χ1n) is 4.60. The normalized spacial score (nSPS) is 11.2. The van der Waals surface area contributed by atoms with Gasteiger partial charge in [-0.25, -0.2) is 0 Å². The molecule has 0 bridgehead atoms. The van der Waals surface area contributed by atoms with Crippen LogP contribution in [0.2, 0.25) is 0 Å². The van der Waals surface area contributed by atoms with Crippen molar-refractivity contribution in [3.63, 3.8) is 0 Å². The lowest BCUT2D eigenvalue weighted by molar-refractivity contribution is 1.62. The molecule has 0 aliphatic heterocycles. The zero-order valence-corrected chi connectivity index (χ0v) is 8.97. The van der Waals surface area contributed by atoms with E-state index in [-0.39, 0.29) is 0 Å². The molecule has 0 aliphatic carbocycles. The third-order valence-electron chi connectivity index (χ3n) is 2.22. The van der Waals surface area contributed by atoms with Crippen molar-refractivity contribution in [3.05, 3.63) is 53.4 Å². The molecule has 0 fully saturated rings. The lowest BCUT2D eigenvalue weighted by Crippen LogP contribution is -1.70. The van der Waals surface area contributed by atoms with E-state index in [0.29, 0.717) is 0 Å². The number of benzene rings is 1. The molecule has 0 saturated heterocycles. The average Bonchev–Trinajstić information content (AvgIpc) is 2.51. The minimum Gasteiger partial charge on any atom is -0.140 e. The summed E-state index contributed by atoms with van der Waals surface area (Å²) < 4.78 is 1.36. The molecule has 0 spiro atoms. The van der Waals surface area contributed by atoms with E-state index in [4.69, 9.17) is 0 Å². The molecule has 1 heterocycles. The number of hydrogen-bond acceptors (Lipinski definition) is 1. The van der Waals surface area contributed by atoms with Gasteiger partial charge in [0, 0.05) is 9.58 Å².